The summed E-state index contributed by atoms with van der Waals surface area (Å²) in [5.74, 6) is -0.311. The number of ether oxygens (including phenoxy) is 1. The molecule has 0 aliphatic carbocycles. The highest BCUT2D eigenvalue weighted by molar-refractivity contribution is 7.89. The largest absolute Gasteiger partial charge is 0.491 e. The number of aromatic nitrogens is 1. The zero-order chi connectivity index (χ0) is 23.8. The van der Waals surface area contributed by atoms with Crippen LogP contribution in [-0.2, 0) is 21.4 Å². The number of fused-ring (bicyclic) bond motifs is 1. The van der Waals surface area contributed by atoms with E-state index < -0.39 is 16.0 Å². The van der Waals surface area contributed by atoms with E-state index in [-0.39, 0.29) is 24.1 Å². The third-order valence-electron chi connectivity index (χ3n) is 5.50. The highest BCUT2D eigenvalue weighted by atomic mass is 35.5. The van der Waals surface area contributed by atoms with Crippen LogP contribution in [0.25, 0.3) is 16.5 Å². The summed E-state index contributed by atoms with van der Waals surface area (Å²) in [5, 5.41) is 10.7. The van der Waals surface area contributed by atoms with Crippen molar-refractivity contribution >= 4 is 44.1 Å². The molecule has 0 fully saturated rings. The summed E-state index contributed by atoms with van der Waals surface area (Å²) in [6.07, 6.45) is 4.21. The molecule has 1 aliphatic heterocycles. The second-order valence-electron chi connectivity index (χ2n) is 8.21. The van der Waals surface area contributed by atoms with Gasteiger partial charge in [0, 0.05) is 40.8 Å². The lowest BCUT2D eigenvalue weighted by atomic mass is 10.00. The molecule has 9 heteroatoms. The molecule has 0 unspecified atom stereocenters. The third kappa shape index (κ3) is 4.93. The predicted octanol–water partition coefficient (Wildman–Crippen LogP) is 4.64. The van der Waals surface area contributed by atoms with Crippen molar-refractivity contribution in [1.82, 2.24) is 8.87 Å². The number of carboxylic acids is 1. The molecule has 7 nitrogen and oxygen atoms in total. The van der Waals surface area contributed by atoms with Crippen LogP contribution in [0.4, 0.5) is 0 Å². The summed E-state index contributed by atoms with van der Waals surface area (Å²) in [4.78, 5) is 11.5. The molecule has 33 heavy (non-hydrogen) atoms. The Bertz CT molecular complexity index is 1330. The lowest BCUT2D eigenvalue weighted by Gasteiger charge is -2.26. The smallest absolute Gasteiger partial charge is 0.323 e. The molecule has 4 rings (SSSR count). The molecule has 3 aromatic rings. The van der Waals surface area contributed by atoms with Gasteiger partial charge in [0.2, 0.25) is 10.0 Å². The molecule has 2 aromatic carbocycles. The highest BCUT2D eigenvalue weighted by Crippen LogP contribution is 2.34. The van der Waals surface area contributed by atoms with Crippen LogP contribution >= 0.6 is 11.6 Å². The Hall–Kier alpha value is -2.81. The number of benzene rings is 2. The molecule has 0 radical (unpaired) electrons. The third-order valence-corrected chi connectivity index (χ3v) is 7.61. The molecule has 1 aromatic heterocycles. The van der Waals surface area contributed by atoms with E-state index >= 15 is 0 Å². The minimum Gasteiger partial charge on any atom is -0.491 e. The van der Waals surface area contributed by atoms with Gasteiger partial charge in [-0.2, -0.15) is 4.31 Å². The topological polar surface area (TPSA) is 88.8 Å². The van der Waals surface area contributed by atoms with Crippen LogP contribution in [0, 0.1) is 0 Å². The van der Waals surface area contributed by atoms with Crippen molar-refractivity contribution < 1.29 is 23.1 Å². The normalized spacial score (nSPS) is 15.1. The van der Waals surface area contributed by atoms with Gasteiger partial charge in [-0.3, -0.25) is 4.79 Å². The van der Waals surface area contributed by atoms with Crippen LogP contribution in [0.2, 0.25) is 5.02 Å². The fourth-order valence-electron chi connectivity index (χ4n) is 4.03. The molecule has 2 heterocycles. The zero-order valence-electron chi connectivity index (χ0n) is 18.4. The first-order valence-electron chi connectivity index (χ1n) is 10.6. The van der Waals surface area contributed by atoms with Gasteiger partial charge in [-0.05, 0) is 68.3 Å². The summed E-state index contributed by atoms with van der Waals surface area (Å²) in [7, 11) is -3.64. The van der Waals surface area contributed by atoms with Crippen molar-refractivity contribution in [2.45, 2.75) is 37.8 Å². The second-order valence-corrected chi connectivity index (χ2v) is 10.6. The van der Waals surface area contributed by atoms with Gasteiger partial charge in [-0.25, -0.2) is 8.42 Å². The van der Waals surface area contributed by atoms with Crippen LogP contribution in [0.15, 0.2) is 59.6 Å². The average molecular weight is 489 g/mol. The Kier molecular flexibility index (Phi) is 6.52. The van der Waals surface area contributed by atoms with Crippen molar-refractivity contribution in [3.05, 3.63) is 65.3 Å². The van der Waals surface area contributed by atoms with Crippen LogP contribution < -0.4 is 4.74 Å². The van der Waals surface area contributed by atoms with E-state index in [1.165, 1.54) is 4.31 Å². The number of rotatable bonds is 7. The highest BCUT2D eigenvalue weighted by Gasteiger charge is 2.27. The molecular formula is C24H25ClN2O5S. The van der Waals surface area contributed by atoms with Crippen LogP contribution in [-0.4, -0.2) is 47.6 Å². The first-order valence-corrected chi connectivity index (χ1v) is 12.4. The molecule has 0 saturated heterocycles. The van der Waals surface area contributed by atoms with E-state index in [1.54, 1.807) is 47.2 Å². The van der Waals surface area contributed by atoms with Gasteiger partial charge in [-0.1, -0.05) is 17.7 Å². The van der Waals surface area contributed by atoms with E-state index in [0.717, 1.165) is 22.0 Å². The monoisotopic (exact) mass is 488 g/mol. The van der Waals surface area contributed by atoms with Gasteiger partial charge in [0.1, 0.15) is 12.3 Å². The Morgan fingerprint density at radius 3 is 2.52 bits per heavy atom. The Morgan fingerprint density at radius 2 is 1.91 bits per heavy atom. The molecule has 0 amide bonds. The fraction of sp³-hybridized carbons (Fsp3) is 0.292. The standard InChI is InChI=1S/C24H25ClN2O5S/c1-16(2)32-19-4-6-20(7-5-19)33(30,31)27-11-9-17(10-12-27)22-14-26(15-24(28)29)23-8-3-18(25)13-21(22)23/h3-9,13-14,16H,10-12,15H2,1-2H3,(H,28,29). The number of hydrogen-bond acceptors (Lipinski definition) is 4. The summed E-state index contributed by atoms with van der Waals surface area (Å²) in [5.41, 5.74) is 2.62. The van der Waals surface area contributed by atoms with Gasteiger partial charge in [0.05, 0.1) is 11.0 Å². The molecule has 0 atom stereocenters. The number of carbonyl (C=O) groups is 1. The first kappa shape index (κ1) is 23.4. The summed E-state index contributed by atoms with van der Waals surface area (Å²) in [6.45, 7) is 4.21. The molecule has 0 spiro atoms. The van der Waals surface area contributed by atoms with Crippen molar-refractivity contribution in [3.8, 4) is 5.75 Å². The molecule has 1 N–H and O–H groups in total. The van der Waals surface area contributed by atoms with Crippen molar-refractivity contribution in [2.75, 3.05) is 13.1 Å². The zero-order valence-corrected chi connectivity index (χ0v) is 19.9. The fourth-order valence-corrected chi connectivity index (χ4v) is 5.58. The maximum Gasteiger partial charge on any atom is 0.323 e. The van der Waals surface area contributed by atoms with Crippen LogP contribution in [0.1, 0.15) is 25.8 Å². The minimum absolute atomic E-state index is 0.00874. The Balaban J connectivity index is 1.59. The SMILES string of the molecule is CC(C)Oc1ccc(S(=O)(=O)N2CC=C(c3cn(CC(=O)O)c4ccc(Cl)cc34)CC2)cc1. The first-order chi connectivity index (χ1) is 15.6. The molecular weight excluding hydrogens is 464 g/mol. The van der Waals surface area contributed by atoms with E-state index in [4.69, 9.17) is 16.3 Å². The number of aliphatic carboxylic acids is 1. The molecule has 0 bridgehead atoms. The van der Waals surface area contributed by atoms with E-state index in [2.05, 4.69) is 0 Å². The second kappa shape index (κ2) is 9.21. The van der Waals surface area contributed by atoms with Crippen LogP contribution in [0.5, 0.6) is 5.75 Å². The lowest BCUT2D eigenvalue weighted by Crippen LogP contribution is -2.34. The van der Waals surface area contributed by atoms with Crippen LogP contribution in [0.3, 0.4) is 0 Å². The molecule has 1 aliphatic rings. The number of hydrogen-bond donors (Lipinski definition) is 1. The van der Waals surface area contributed by atoms with E-state index in [1.807, 2.05) is 26.0 Å². The van der Waals surface area contributed by atoms with Crippen molar-refractivity contribution in [3.63, 3.8) is 0 Å². The lowest BCUT2D eigenvalue weighted by molar-refractivity contribution is -0.137. The Morgan fingerprint density at radius 1 is 1.18 bits per heavy atom. The molecule has 174 valence electrons. The average Bonchev–Trinajstić information content (AvgIpc) is 3.10. The number of sulfonamides is 1. The number of halogens is 1. The Labute approximate surface area is 197 Å². The quantitative estimate of drug-likeness (QED) is 0.523. The summed E-state index contributed by atoms with van der Waals surface area (Å²) < 4.78 is 34.9. The van der Waals surface area contributed by atoms with E-state index in [9.17, 15) is 18.3 Å². The summed E-state index contributed by atoms with van der Waals surface area (Å²) in [6, 6.07) is 11.8. The van der Waals surface area contributed by atoms with Gasteiger partial charge in [0.25, 0.3) is 0 Å². The number of nitrogens with zero attached hydrogens (tertiary/aromatic N) is 2. The maximum absolute atomic E-state index is 13.1. The maximum atomic E-state index is 13.1. The predicted molar refractivity (Wildman–Crippen MR) is 128 cm³/mol. The summed E-state index contributed by atoms with van der Waals surface area (Å²) >= 11 is 6.19. The van der Waals surface area contributed by atoms with Gasteiger partial charge < -0.3 is 14.4 Å². The van der Waals surface area contributed by atoms with E-state index in [0.29, 0.717) is 23.7 Å². The van der Waals surface area contributed by atoms with Crippen molar-refractivity contribution in [1.29, 1.82) is 0 Å². The van der Waals surface area contributed by atoms with Gasteiger partial charge in [0.15, 0.2) is 0 Å². The minimum atomic E-state index is -3.64. The van der Waals surface area contributed by atoms with Gasteiger partial charge in [-0.15, -0.1) is 0 Å². The van der Waals surface area contributed by atoms with Gasteiger partial charge >= 0.3 is 5.97 Å². The number of carboxylic acid groups (broad SMARTS) is 1. The molecule has 0 saturated carbocycles. The van der Waals surface area contributed by atoms with Crippen molar-refractivity contribution in [2.24, 2.45) is 0 Å².